The van der Waals surface area contributed by atoms with Crippen LogP contribution in [0.2, 0.25) is 10.0 Å². The first kappa shape index (κ1) is 36.8. The molecule has 1 aliphatic rings. The lowest BCUT2D eigenvalue weighted by atomic mass is 9.96. The Kier molecular flexibility index (Phi) is 14.4. The van der Waals surface area contributed by atoms with Gasteiger partial charge in [-0.1, -0.05) is 74.5 Å². The van der Waals surface area contributed by atoms with Crippen molar-refractivity contribution in [2.75, 3.05) is 27.3 Å². The van der Waals surface area contributed by atoms with E-state index < -0.39 is 30.1 Å². The van der Waals surface area contributed by atoms with Gasteiger partial charge in [-0.3, -0.25) is 14.5 Å². The summed E-state index contributed by atoms with van der Waals surface area (Å²) in [7, 11) is 2.92. The Bertz CT molecular complexity index is 1380. The predicted molar refractivity (Wildman–Crippen MR) is 175 cm³/mol. The van der Waals surface area contributed by atoms with E-state index in [4.69, 9.17) is 32.7 Å². The molecule has 9 nitrogen and oxygen atoms in total. The summed E-state index contributed by atoms with van der Waals surface area (Å²) in [6.07, 6.45) is -2.68. The molecule has 1 saturated heterocycles. The van der Waals surface area contributed by atoms with Crippen LogP contribution in [0.3, 0.4) is 0 Å². The molecule has 11 heteroatoms. The number of rotatable bonds is 12. The van der Waals surface area contributed by atoms with Crippen molar-refractivity contribution in [3.8, 4) is 11.5 Å². The molecule has 4 unspecified atom stereocenters. The van der Waals surface area contributed by atoms with Gasteiger partial charge in [0.25, 0.3) is 11.8 Å². The number of ether oxygens (including phenoxy) is 2. The Morgan fingerprint density at radius 3 is 2.34 bits per heavy atom. The van der Waals surface area contributed by atoms with Gasteiger partial charge >= 0.3 is 0 Å². The van der Waals surface area contributed by atoms with E-state index in [0.29, 0.717) is 34.3 Å². The van der Waals surface area contributed by atoms with Crippen LogP contribution in [0.25, 0.3) is 0 Å². The van der Waals surface area contributed by atoms with Crippen molar-refractivity contribution in [2.24, 2.45) is 0 Å². The fourth-order valence-corrected chi connectivity index (χ4v) is 5.33. The molecular weight excluding hydrogens is 605 g/mol. The van der Waals surface area contributed by atoms with Crippen LogP contribution in [0.5, 0.6) is 11.5 Å². The van der Waals surface area contributed by atoms with Gasteiger partial charge in [0.1, 0.15) is 17.6 Å². The molecule has 3 aromatic rings. The molecule has 240 valence electrons. The number of benzene rings is 3. The standard InChI is InChI=1S/C31H35Cl2N3O6.2CH4/c1-41-22-9-10-23(27(16-22)42-2)30(39)35-26(15-20-8-11-24(32)25(33)14-20)28(37)29(38)31(40)34-21-12-13-36(18-21)17-19-6-4-3-5-7-19;;/h3-11,14,16,21,26,28-29,37-38H,12-13,15,17-18H2,1-2H3,(H,34,40)(H,35,39);2*1H4. The number of aliphatic hydroxyl groups is 2. The quantitative estimate of drug-likeness (QED) is 0.224. The van der Waals surface area contributed by atoms with Crippen molar-refractivity contribution in [1.82, 2.24) is 15.5 Å². The van der Waals surface area contributed by atoms with Gasteiger partial charge in [0.15, 0.2) is 6.10 Å². The monoisotopic (exact) mass is 647 g/mol. The molecule has 3 aromatic carbocycles. The van der Waals surface area contributed by atoms with Crippen molar-refractivity contribution in [2.45, 2.75) is 58.5 Å². The van der Waals surface area contributed by atoms with Gasteiger partial charge in [0.2, 0.25) is 0 Å². The van der Waals surface area contributed by atoms with Crippen molar-refractivity contribution >= 4 is 35.0 Å². The van der Waals surface area contributed by atoms with Gasteiger partial charge in [0, 0.05) is 31.7 Å². The Hall–Kier alpha value is -3.34. The third kappa shape index (κ3) is 9.58. The van der Waals surface area contributed by atoms with E-state index in [1.807, 2.05) is 18.2 Å². The van der Waals surface area contributed by atoms with Gasteiger partial charge < -0.3 is 30.3 Å². The molecule has 1 aliphatic heterocycles. The first-order valence-electron chi connectivity index (χ1n) is 13.6. The van der Waals surface area contributed by atoms with Gasteiger partial charge in [-0.2, -0.15) is 0 Å². The van der Waals surface area contributed by atoms with E-state index in [1.54, 1.807) is 30.3 Å². The van der Waals surface area contributed by atoms with Crippen LogP contribution in [-0.4, -0.2) is 78.5 Å². The molecule has 44 heavy (non-hydrogen) atoms. The number of carbonyl (C=O) groups excluding carboxylic acids is 2. The van der Waals surface area contributed by atoms with Gasteiger partial charge in [-0.05, 0) is 48.2 Å². The lowest BCUT2D eigenvalue weighted by molar-refractivity contribution is -0.137. The van der Waals surface area contributed by atoms with Crippen LogP contribution in [0.4, 0.5) is 0 Å². The third-order valence-electron chi connectivity index (χ3n) is 7.28. The zero-order chi connectivity index (χ0) is 30.2. The maximum Gasteiger partial charge on any atom is 0.255 e. The van der Waals surface area contributed by atoms with Gasteiger partial charge in [-0.15, -0.1) is 0 Å². The molecule has 2 amide bonds. The van der Waals surface area contributed by atoms with E-state index in [0.717, 1.165) is 13.1 Å². The minimum Gasteiger partial charge on any atom is -0.497 e. The van der Waals surface area contributed by atoms with Crippen molar-refractivity contribution < 1.29 is 29.3 Å². The Labute approximate surface area is 270 Å². The summed E-state index contributed by atoms with van der Waals surface area (Å²) < 4.78 is 10.6. The molecule has 0 saturated carbocycles. The number of likely N-dealkylation sites (tertiary alicyclic amines) is 1. The number of aliphatic hydroxyl groups excluding tert-OH is 2. The van der Waals surface area contributed by atoms with E-state index >= 15 is 0 Å². The molecule has 4 N–H and O–H groups in total. The summed E-state index contributed by atoms with van der Waals surface area (Å²) >= 11 is 12.2. The fraction of sp³-hybridized carbons (Fsp3) is 0.394. The minimum atomic E-state index is -1.81. The highest BCUT2D eigenvalue weighted by molar-refractivity contribution is 6.42. The molecule has 0 aliphatic carbocycles. The molecule has 0 spiro atoms. The largest absolute Gasteiger partial charge is 0.497 e. The third-order valence-corrected chi connectivity index (χ3v) is 8.02. The molecule has 0 bridgehead atoms. The average Bonchev–Trinajstić information content (AvgIpc) is 3.44. The van der Waals surface area contributed by atoms with Crippen molar-refractivity contribution in [1.29, 1.82) is 0 Å². The maximum atomic E-state index is 13.3. The predicted octanol–water partition coefficient (Wildman–Crippen LogP) is 4.74. The number of nitrogens with one attached hydrogen (secondary N) is 2. The molecular formula is C33H43Cl2N3O6. The number of methoxy groups -OCH3 is 2. The topological polar surface area (TPSA) is 120 Å². The summed E-state index contributed by atoms with van der Waals surface area (Å²) in [6, 6.07) is 18.4. The van der Waals surface area contributed by atoms with Crippen molar-refractivity contribution in [3.63, 3.8) is 0 Å². The SMILES string of the molecule is C.C.COc1ccc(C(=O)NC(Cc2ccc(Cl)c(Cl)c2)C(O)C(O)C(=O)NC2CCN(Cc3ccccc3)C2)c(OC)c1. The number of carbonyl (C=O) groups is 2. The number of hydrogen-bond donors (Lipinski definition) is 4. The Balaban J connectivity index is 0.00000337. The van der Waals surface area contributed by atoms with Crippen LogP contribution in [0, 0.1) is 0 Å². The number of amides is 2. The zero-order valence-electron chi connectivity index (χ0n) is 23.4. The van der Waals surface area contributed by atoms with E-state index in [1.165, 1.54) is 25.8 Å². The average molecular weight is 649 g/mol. The first-order valence-corrected chi connectivity index (χ1v) is 14.3. The fourth-order valence-electron chi connectivity index (χ4n) is 5.01. The maximum absolute atomic E-state index is 13.3. The summed E-state index contributed by atoms with van der Waals surface area (Å²) in [6.45, 7) is 2.16. The molecule has 1 fully saturated rings. The van der Waals surface area contributed by atoms with Gasteiger partial charge in [0.05, 0.1) is 35.9 Å². The molecule has 4 atom stereocenters. The summed E-state index contributed by atoms with van der Waals surface area (Å²) in [5, 5.41) is 28.4. The van der Waals surface area contributed by atoms with Crippen LogP contribution in [-0.2, 0) is 17.8 Å². The second-order valence-electron chi connectivity index (χ2n) is 10.2. The van der Waals surface area contributed by atoms with Crippen LogP contribution < -0.4 is 20.1 Å². The highest BCUT2D eigenvalue weighted by Gasteiger charge is 2.35. The highest BCUT2D eigenvalue weighted by Crippen LogP contribution is 2.26. The van der Waals surface area contributed by atoms with Crippen LogP contribution in [0.1, 0.15) is 42.8 Å². The molecule has 1 heterocycles. The summed E-state index contributed by atoms with van der Waals surface area (Å²) in [5.74, 6) is -0.533. The molecule has 0 radical (unpaired) electrons. The van der Waals surface area contributed by atoms with Gasteiger partial charge in [-0.25, -0.2) is 0 Å². The Morgan fingerprint density at radius 2 is 1.68 bits per heavy atom. The zero-order valence-corrected chi connectivity index (χ0v) is 24.9. The highest BCUT2D eigenvalue weighted by atomic mass is 35.5. The first-order chi connectivity index (χ1) is 20.2. The number of hydrogen-bond acceptors (Lipinski definition) is 7. The minimum absolute atomic E-state index is 0. The smallest absolute Gasteiger partial charge is 0.255 e. The van der Waals surface area contributed by atoms with Crippen LogP contribution >= 0.6 is 23.2 Å². The summed E-state index contributed by atoms with van der Waals surface area (Å²) in [4.78, 5) is 28.6. The van der Waals surface area contributed by atoms with Crippen molar-refractivity contribution in [3.05, 3.63) is 93.5 Å². The van der Waals surface area contributed by atoms with E-state index in [9.17, 15) is 19.8 Å². The molecule has 4 rings (SSSR count). The van der Waals surface area contributed by atoms with Crippen LogP contribution in [0.15, 0.2) is 66.7 Å². The normalized spacial score (nSPS) is 16.5. The summed E-state index contributed by atoms with van der Waals surface area (Å²) in [5.41, 5.74) is 2.00. The second-order valence-corrected chi connectivity index (χ2v) is 11.1. The number of nitrogens with zero attached hydrogens (tertiary/aromatic N) is 1. The Morgan fingerprint density at radius 1 is 0.955 bits per heavy atom. The second kappa shape index (κ2) is 17.2. The number of halogens is 2. The van der Waals surface area contributed by atoms with E-state index in [-0.39, 0.29) is 38.6 Å². The lowest BCUT2D eigenvalue weighted by Crippen LogP contribution is -2.55. The lowest BCUT2D eigenvalue weighted by Gasteiger charge is -2.28. The van der Waals surface area contributed by atoms with E-state index in [2.05, 4.69) is 27.7 Å². The molecule has 0 aromatic heterocycles.